The first-order valence-corrected chi connectivity index (χ1v) is 8.30. The second-order valence-electron chi connectivity index (χ2n) is 5.68. The van der Waals surface area contributed by atoms with E-state index in [0.29, 0.717) is 24.2 Å². The summed E-state index contributed by atoms with van der Waals surface area (Å²) in [6.07, 6.45) is 6.92. The summed E-state index contributed by atoms with van der Waals surface area (Å²) in [6.45, 7) is 3.63. The van der Waals surface area contributed by atoms with Crippen LogP contribution in [0, 0.1) is 0 Å². The summed E-state index contributed by atoms with van der Waals surface area (Å²) in [5.74, 6) is 1.13. The van der Waals surface area contributed by atoms with E-state index in [-0.39, 0.29) is 5.91 Å². The van der Waals surface area contributed by atoms with Crippen molar-refractivity contribution in [2.24, 2.45) is 0 Å². The fourth-order valence-electron chi connectivity index (χ4n) is 2.13. The van der Waals surface area contributed by atoms with Gasteiger partial charge >= 0.3 is 0 Å². The highest BCUT2D eigenvalue weighted by molar-refractivity contribution is 6.30. The Balaban J connectivity index is 1.59. The Morgan fingerprint density at radius 3 is 2.95 bits per heavy atom. The molecule has 0 atom stereocenters. The van der Waals surface area contributed by atoms with Gasteiger partial charge in [-0.2, -0.15) is 0 Å². The molecule has 1 fully saturated rings. The molecule has 1 amide bonds. The van der Waals surface area contributed by atoms with Crippen LogP contribution in [0.4, 0.5) is 0 Å². The van der Waals surface area contributed by atoms with Crippen molar-refractivity contribution in [2.75, 3.05) is 6.54 Å². The van der Waals surface area contributed by atoms with Crippen molar-refractivity contribution in [3.63, 3.8) is 0 Å². The SMILES string of the molecule is CCCCc1nc(Cl)c(CNCCCC(=O)NC2CC2)[nH]1. The van der Waals surface area contributed by atoms with Crippen LogP contribution < -0.4 is 10.6 Å². The van der Waals surface area contributed by atoms with Crippen molar-refractivity contribution in [1.29, 1.82) is 0 Å². The quantitative estimate of drug-likeness (QED) is 0.582. The molecule has 0 saturated heterocycles. The highest BCUT2D eigenvalue weighted by atomic mass is 35.5. The Morgan fingerprint density at radius 1 is 1.43 bits per heavy atom. The molecule has 2 rings (SSSR count). The highest BCUT2D eigenvalue weighted by Gasteiger charge is 2.22. The van der Waals surface area contributed by atoms with E-state index in [2.05, 4.69) is 27.5 Å². The van der Waals surface area contributed by atoms with E-state index >= 15 is 0 Å². The van der Waals surface area contributed by atoms with Crippen LogP contribution in [-0.2, 0) is 17.8 Å². The van der Waals surface area contributed by atoms with Crippen LogP contribution in [0.3, 0.4) is 0 Å². The number of hydrogen-bond donors (Lipinski definition) is 3. The minimum Gasteiger partial charge on any atom is -0.353 e. The average molecular weight is 313 g/mol. The van der Waals surface area contributed by atoms with E-state index in [1.807, 2.05) is 0 Å². The molecule has 0 radical (unpaired) electrons. The maximum Gasteiger partial charge on any atom is 0.220 e. The maximum absolute atomic E-state index is 11.5. The first-order chi connectivity index (χ1) is 10.2. The minimum absolute atomic E-state index is 0.167. The zero-order valence-electron chi connectivity index (χ0n) is 12.7. The molecule has 1 heterocycles. The van der Waals surface area contributed by atoms with E-state index in [1.165, 1.54) is 0 Å². The Labute approximate surface area is 131 Å². The lowest BCUT2D eigenvalue weighted by atomic mass is 10.2. The number of unbranched alkanes of at least 4 members (excludes halogenated alkanes) is 1. The van der Waals surface area contributed by atoms with Gasteiger partial charge < -0.3 is 15.6 Å². The zero-order chi connectivity index (χ0) is 15.1. The molecule has 1 aliphatic rings. The third-order valence-corrected chi connectivity index (χ3v) is 3.86. The van der Waals surface area contributed by atoms with E-state index < -0.39 is 0 Å². The number of carbonyl (C=O) groups is 1. The minimum atomic E-state index is 0.167. The molecule has 1 aliphatic carbocycles. The molecule has 21 heavy (non-hydrogen) atoms. The summed E-state index contributed by atoms with van der Waals surface area (Å²) >= 11 is 6.10. The van der Waals surface area contributed by atoms with Gasteiger partial charge in [-0.25, -0.2) is 4.98 Å². The van der Waals surface area contributed by atoms with E-state index in [0.717, 1.165) is 56.6 Å². The van der Waals surface area contributed by atoms with Gasteiger partial charge in [0.15, 0.2) is 5.15 Å². The van der Waals surface area contributed by atoms with Gasteiger partial charge in [-0.3, -0.25) is 4.79 Å². The predicted octanol–water partition coefficient (Wildman–Crippen LogP) is 2.55. The number of hydrogen-bond acceptors (Lipinski definition) is 3. The average Bonchev–Trinajstić information content (AvgIpc) is 3.19. The van der Waals surface area contributed by atoms with Crippen molar-refractivity contribution >= 4 is 17.5 Å². The van der Waals surface area contributed by atoms with Crippen LogP contribution >= 0.6 is 11.6 Å². The predicted molar refractivity (Wildman–Crippen MR) is 84.3 cm³/mol. The van der Waals surface area contributed by atoms with Crippen LogP contribution in [0.1, 0.15) is 57.0 Å². The summed E-state index contributed by atoms with van der Waals surface area (Å²) in [5, 5.41) is 6.85. The molecule has 3 N–H and O–H groups in total. The molecule has 118 valence electrons. The number of aromatic amines is 1. The number of imidazole rings is 1. The van der Waals surface area contributed by atoms with Crippen LogP contribution in [0.5, 0.6) is 0 Å². The third-order valence-electron chi connectivity index (χ3n) is 3.55. The molecule has 1 saturated carbocycles. The van der Waals surface area contributed by atoms with Crippen LogP contribution in [0.2, 0.25) is 5.15 Å². The fraction of sp³-hybridized carbons (Fsp3) is 0.733. The molecule has 0 aromatic carbocycles. The van der Waals surface area contributed by atoms with E-state index in [1.54, 1.807) is 0 Å². The van der Waals surface area contributed by atoms with Gasteiger partial charge in [0.05, 0.1) is 5.69 Å². The Bertz CT molecular complexity index is 457. The Kier molecular flexibility index (Phi) is 6.51. The van der Waals surface area contributed by atoms with Crippen molar-refractivity contribution in [1.82, 2.24) is 20.6 Å². The number of halogens is 1. The molecular formula is C15H25ClN4O. The van der Waals surface area contributed by atoms with Crippen molar-refractivity contribution < 1.29 is 4.79 Å². The summed E-state index contributed by atoms with van der Waals surface area (Å²) in [5.41, 5.74) is 0.935. The van der Waals surface area contributed by atoms with Crippen molar-refractivity contribution in [3.8, 4) is 0 Å². The monoisotopic (exact) mass is 312 g/mol. The number of rotatable bonds is 10. The smallest absolute Gasteiger partial charge is 0.220 e. The van der Waals surface area contributed by atoms with Crippen molar-refractivity contribution in [3.05, 3.63) is 16.7 Å². The largest absolute Gasteiger partial charge is 0.353 e. The number of amides is 1. The van der Waals surface area contributed by atoms with E-state index in [4.69, 9.17) is 11.6 Å². The molecule has 1 aromatic rings. The Morgan fingerprint density at radius 2 is 2.24 bits per heavy atom. The van der Waals surface area contributed by atoms with Gasteiger partial charge in [0.25, 0.3) is 0 Å². The molecule has 0 spiro atoms. The second kappa shape index (κ2) is 8.39. The van der Waals surface area contributed by atoms with Crippen LogP contribution in [0.15, 0.2) is 0 Å². The first kappa shape index (κ1) is 16.3. The second-order valence-corrected chi connectivity index (χ2v) is 6.04. The van der Waals surface area contributed by atoms with Gasteiger partial charge in [-0.05, 0) is 32.2 Å². The third kappa shape index (κ3) is 6.06. The van der Waals surface area contributed by atoms with Gasteiger partial charge in [-0.15, -0.1) is 0 Å². The fourth-order valence-corrected chi connectivity index (χ4v) is 2.35. The van der Waals surface area contributed by atoms with Gasteiger partial charge in [0.2, 0.25) is 5.91 Å². The van der Waals surface area contributed by atoms with Gasteiger partial charge in [0.1, 0.15) is 5.82 Å². The first-order valence-electron chi connectivity index (χ1n) is 7.92. The number of carbonyl (C=O) groups excluding carboxylic acids is 1. The van der Waals surface area contributed by atoms with E-state index in [9.17, 15) is 4.79 Å². The lowest BCUT2D eigenvalue weighted by molar-refractivity contribution is -0.121. The molecule has 5 nitrogen and oxygen atoms in total. The summed E-state index contributed by atoms with van der Waals surface area (Å²) in [4.78, 5) is 19.1. The summed E-state index contributed by atoms with van der Waals surface area (Å²) in [7, 11) is 0. The highest BCUT2D eigenvalue weighted by Crippen LogP contribution is 2.18. The number of aromatic nitrogens is 2. The molecule has 0 bridgehead atoms. The number of H-pyrrole nitrogens is 1. The zero-order valence-corrected chi connectivity index (χ0v) is 13.4. The standard InChI is InChI=1S/C15H25ClN4O/c1-2-3-5-13-19-12(15(16)20-13)10-17-9-4-6-14(21)18-11-7-8-11/h11,17H,2-10H2,1H3,(H,18,21)(H,19,20). The van der Waals surface area contributed by atoms with Crippen LogP contribution in [-0.4, -0.2) is 28.5 Å². The number of nitrogens with one attached hydrogen (secondary N) is 3. The topological polar surface area (TPSA) is 69.8 Å². The number of aryl methyl sites for hydroxylation is 1. The molecule has 0 unspecified atom stereocenters. The normalized spacial score (nSPS) is 14.4. The number of nitrogens with zero attached hydrogens (tertiary/aromatic N) is 1. The Hall–Kier alpha value is -1.07. The lowest BCUT2D eigenvalue weighted by Gasteiger charge is -2.04. The summed E-state index contributed by atoms with van der Waals surface area (Å²) < 4.78 is 0. The van der Waals surface area contributed by atoms with Crippen molar-refractivity contribution in [2.45, 2.75) is 64.5 Å². The molecule has 1 aromatic heterocycles. The van der Waals surface area contributed by atoms with Crippen LogP contribution in [0.25, 0.3) is 0 Å². The lowest BCUT2D eigenvalue weighted by Crippen LogP contribution is -2.26. The van der Waals surface area contributed by atoms with Gasteiger partial charge in [-0.1, -0.05) is 24.9 Å². The molecule has 6 heteroatoms. The molecule has 0 aliphatic heterocycles. The van der Waals surface area contributed by atoms with Gasteiger partial charge in [0, 0.05) is 25.4 Å². The maximum atomic E-state index is 11.5. The summed E-state index contributed by atoms with van der Waals surface area (Å²) in [6, 6.07) is 0.454. The molecular weight excluding hydrogens is 288 g/mol.